The van der Waals surface area contributed by atoms with Gasteiger partial charge < -0.3 is 16.0 Å². The highest BCUT2D eigenvalue weighted by atomic mass is 35.5. The number of nitrogens with one attached hydrogen (secondary N) is 3. The Labute approximate surface area is 119 Å². The topological polar surface area (TPSA) is 113 Å². The number of benzene rings is 1. The van der Waals surface area contributed by atoms with Gasteiger partial charge in [-0.05, 0) is 13.0 Å². The first kappa shape index (κ1) is 15.7. The molecule has 1 rings (SSSR count). The number of carbonyl (C=O) groups excluding carboxylic acids is 2. The summed E-state index contributed by atoms with van der Waals surface area (Å²) in [6.45, 7) is 2.05. The molecule has 0 aliphatic carbocycles. The number of amides is 3. The minimum atomic E-state index is -0.632. The molecule has 0 spiro atoms. The monoisotopic (exact) mass is 300 g/mol. The Bertz CT molecular complexity index is 535. The summed E-state index contributed by atoms with van der Waals surface area (Å²) >= 11 is 5.80. The number of hydrogen-bond acceptors (Lipinski definition) is 4. The van der Waals surface area contributed by atoms with Crippen LogP contribution < -0.4 is 16.0 Å². The third-order valence-corrected chi connectivity index (χ3v) is 2.51. The molecule has 9 heteroatoms. The van der Waals surface area contributed by atoms with Gasteiger partial charge in [0.25, 0.3) is 5.69 Å². The van der Waals surface area contributed by atoms with E-state index in [1.54, 1.807) is 6.92 Å². The van der Waals surface area contributed by atoms with E-state index in [1.807, 2.05) is 0 Å². The molecule has 0 unspecified atom stereocenters. The number of nitro groups is 1. The van der Waals surface area contributed by atoms with E-state index in [-0.39, 0.29) is 28.8 Å². The van der Waals surface area contributed by atoms with Gasteiger partial charge in [0.1, 0.15) is 0 Å². The molecule has 3 N–H and O–H groups in total. The van der Waals surface area contributed by atoms with Gasteiger partial charge in [-0.1, -0.05) is 11.6 Å². The van der Waals surface area contributed by atoms with Crippen molar-refractivity contribution in [2.24, 2.45) is 0 Å². The maximum atomic E-state index is 11.5. The summed E-state index contributed by atoms with van der Waals surface area (Å²) in [4.78, 5) is 32.6. The lowest BCUT2D eigenvalue weighted by Crippen LogP contribution is -2.38. The van der Waals surface area contributed by atoms with Crippen molar-refractivity contribution in [3.05, 3.63) is 33.3 Å². The van der Waals surface area contributed by atoms with E-state index in [0.717, 1.165) is 6.07 Å². The SMILES string of the molecule is CCNC(=O)CNC(=O)Nc1ccc([N+](=O)[O-])cc1Cl. The van der Waals surface area contributed by atoms with Crippen LogP contribution in [0, 0.1) is 10.1 Å². The number of nitro benzene ring substituents is 1. The van der Waals surface area contributed by atoms with E-state index in [4.69, 9.17) is 11.6 Å². The van der Waals surface area contributed by atoms with E-state index in [9.17, 15) is 19.7 Å². The molecule has 0 bridgehead atoms. The molecule has 1 aromatic rings. The Hall–Kier alpha value is -2.35. The molecule has 3 amide bonds. The van der Waals surface area contributed by atoms with Gasteiger partial charge in [0.15, 0.2) is 0 Å². The Morgan fingerprint density at radius 2 is 2.05 bits per heavy atom. The zero-order chi connectivity index (χ0) is 15.1. The predicted octanol–water partition coefficient (Wildman–Crippen LogP) is 1.51. The summed E-state index contributed by atoms with van der Waals surface area (Å²) in [5, 5.41) is 17.8. The third-order valence-electron chi connectivity index (χ3n) is 2.20. The fourth-order valence-electron chi connectivity index (χ4n) is 1.31. The summed E-state index contributed by atoms with van der Waals surface area (Å²) < 4.78 is 0. The highest BCUT2D eigenvalue weighted by molar-refractivity contribution is 6.33. The van der Waals surface area contributed by atoms with Crippen molar-refractivity contribution in [1.29, 1.82) is 0 Å². The van der Waals surface area contributed by atoms with Gasteiger partial charge >= 0.3 is 6.03 Å². The predicted molar refractivity (Wildman–Crippen MR) is 73.8 cm³/mol. The molecule has 0 aliphatic rings. The minimum absolute atomic E-state index is 0.0346. The first-order valence-corrected chi connectivity index (χ1v) is 6.07. The van der Waals surface area contributed by atoms with Crippen molar-refractivity contribution < 1.29 is 14.5 Å². The number of halogens is 1. The fourth-order valence-corrected chi connectivity index (χ4v) is 1.53. The Balaban J connectivity index is 2.58. The molecule has 1 aromatic carbocycles. The van der Waals surface area contributed by atoms with Gasteiger partial charge in [-0.15, -0.1) is 0 Å². The highest BCUT2D eigenvalue weighted by Crippen LogP contribution is 2.26. The maximum Gasteiger partial charge on any atom is 0.319 e. The summed E-state index contributed by atoms with van der Waals surface area (Å²) in [5.41, 5.74) is 0.0361. The molecule has 0 atom stereocenters. The number of hydrogen-bond donors (Lipinski definition) is 3. The summed E-state index contributed by atoms with van der Waals surface area (Å²) in [6.07, 6.45) is 0. The van der Waals surface area contributed by atoms with Crippen molar-refractivity contribution >= 4 is 34.9 Å². The van der Waals surface area contributed by atoms with Crippen molar-refractivity contribution in [3.8, 4) is 0 Å². The normalized spacial score (nSPS) is 9.70. The van der Waals surface area contributed by atoms with Crippen molar-refractivity contribution in [1.82, 2.24) is 10.6 Å². The first-order chi connectivity index (χ1) is 9.43. The number of nitrogens with zero attached hydrogens (tertiary/aromatic N) is 1. The average molecular weight is 301 g/mol. The molecule has 0 heterocycles. The quantitative estimate of drug-likeness (QED) is 0.565. The number of carbonyl (C=O) groups is 2. The Morgan fingerprint density at radius 1 is 1.35 bits per heavy atom. The van der Waals surface area contributed by atoms with Crippen LogP contribution in [0.3, 0.4) is 0 Å². The van der Waals surface area contributed by atoms with Crippen molar-refractivity contribution in [2.75, 3.05) is 18.4 Å². The average Bonchev–Trinajstić information content (AvgIpc) is 2.39. The first-order valence-electron chi connectivity index (χ1n) is 5.69. The molecule has 8 nitrogen and oxygen atoms in total. The fraction of sp³-hybridized carbons (Fsp3) is 0.273. The van der Waals surface area contributed by atoms with E-state index < -0.39 is 11.0 Å². The largest absolute Gasteiger partial charge is 0.355 e. The molecular weight excluding hydrogens is 288 g/mol. The third kappa shape index (κ3) is 4.73. The molecule has 0 aromatic heterocycles. The van der Waals surface area contributed by atoms with Crippen LogP contribution in [-0.4, -0.2) is 30.0 Å². The van der Waals surface area contributed by atoms with Crippen LogP contribution >= 0.6 is 11.6 Å². The maximum absolute atomic E-state index is 11.5. The van der Waals surface area contributed by atoms with Gasteiger partial charge in [-0.2, -0.15) is 0 Å². The zero-order valence-corrected chi connectivity index (χ0v) is 11.4. The number of urea groups is 1. The van der Waals surface area contributed by atoms with Crippen LogP contribution in [-0.2, 0) is 4.79 Å². The van der Waals surface area contributed by atoms with Crippen molar-refractivity contribution in [2.45, 2.75) is 6.92 Å². The van der Waals surface area contributed by atoms with Gasteiger partial charge in [-0.25, -0.2) is 4.79 Å². The van der Waals surface area contributed by atoms with Crippen LogP contribution in [0.25, 0.3) is 0 Å². The Morgan fingerprint density at radius 3 is 2.60 bits per heavy atom. The molecule has 0 fully saturated rings. The second kappa shape index (κ2) is 7.29. The zero-order valence-electron chi connectivity index (χ0n) is 10.6. The lowest BCUT2D eigenvalue weighted by Gasteiger charge is -2.08. The lowest BCUT2D eigenvalue weighted by molar-refractivity contribution is -0.384. The van der Waals surface area contributed by atoms with E-state index in [0.29, 0.717) is 6.54 Å². The second-order valence-corrected chi connectivity index (χ2v) is 4.09. The molecule has 0 saturated carbocycles. The summed E-state index contributed by atoms with van der Waals surface area (Å²) in [5.74, 6) is -0.322. The number of non-ortho nitro benzene ring substituents is 1. The summed E-state index contributed by atoms with van der Waals surface area (Å²) in [6, 6.07) is 3.02. The van der Waals surface area contributed by atoms with Crippen LogP contribution in [0.15, 0.2) is 18.2 Å². The van der Waals surface area contributed by atoms with E-state index >= 15 is 0 Å². The minimum Gasteiger partial charge on any atom is -0.355 e. The van der Waals surface area contributed by atoms with Crippen LogP contribution in [0.2, 0.25) is 5.02 Å². The van der Waals surface area contributed by atoms with E-state index in [2.05, 4.69) is 16.0 Å². The van der Waals surface area contributed by atoms with E-state index in [1.165, 1.54) is 12.1 Å². The van der Waals surface area contributed by atoms with Gasteiger partial charge in [0.2, 0.25) is 5.91 Å². The van der Waals surface area contributed by atoms with Crippen LogP contribution in [0.1, 0.15) is 6.92 Å². The van der Waals surface area contributed by atoms with Gasteiger partial charge in [-0.3, -0.25) is 14.9 Å². The molecule has 0 saturated heterocycles. The standard InChI is InChI=1S/C11H13ClN4O4/c1-2-13-10(17)6-14-11(18)15-9-4-3-7(16(19)20)5-8(9)12/h3-5H,2,6H2,1H3,(H,13,17)(H2,14,15,18). The smallest absolute Gasteiger partial charge is 0.319 e. The molecular formula is C11H13ClN4O4. The second-order valence-electron chi connectivity index (χ2n) is 3.68. The number of rotatable bonds is 5. The summed E-state index contributed by atoms with van der Waals surface area (Å²) in [7, 11) is 0. The molecule has 20 heavy (non-hydrogen) atoms. The van der Waals surface area contributed by atoms with Gasteiger partial charge in [0.05, 0.1) is 22.2 Å². The van der Waals surface area contributed by atoms with Crippen molar-refractivity contribution in [3.63, 3.8) is 0 Å². The van der Waals surface area contributed by atoms with Crippen LogP contribution in [0.4, 0.5) is 16.2 Å². The molecule has 0 radical (unpaired) electrons. The lowest BCUT2D eigenvalue weighted by atomic mass is 10.3. The molecule has 108 valence electrons. The Kier molecular flexibility index (Phi) is 5.73. The van der Waals surface area contributed by atoms with Crippen LogP contribution in [0.5, 0.6) is 0 Å². The number of likely N-dealkylation sites (N-methyl/N-ethyl adjacent to an activating group) is 1. The van der Waals surface area contributed by atoms with Gasteiger partial charge in [0, 0.05) is 18.7 Å². The molecule has 0 aliphatic heterocycles. The highest BCUT2D eigenvalue weighted by Gasteiger charge is 2.11. The number of anilines is 1.